The Bertz CT molecular complexity index is 424. The zero-order valence-electron chi connectivity index (χ0n) is 13.2. The second kappa shape index (κ2) is 10.9. The Morgan fingerprint density at radius 1 is 1.24 bits per heavy atom. The summed E-state index contributed by atoms with van der Waals surface area (Å²) in [6.45, 7) is 10.0. The molecule has 0 spiro atoms. The minimum Gasteiger partial charge on any atom is -0.478 e. The lowest BCUT2D eigenvalue weighted by molar-refractivity contribution is 0.152. The van der Waals surface area contributed by atoms with Gasteiger partial charge in [0.05, 0.1) is 19.8 Å². The van der Waals surface area contributed by atoms with E-state index in [1.165, 1.54) is 0 Å². The summed E-state index contributed by atoms with van der Waals surface area (Å²) in [5.74, 6) is 1.41. The number of nitrogens with one attached hydrogen (secondary N) is 2. The first-order valence-electron chi connectivity index (χ1n) is 7.48. The average Bonchev–Trinajstić information content (AvgIpc) is 2.50. The topological polar surface area (TPSA) is 67.8 Å². The summed E-state index contributed by atoms with van der Waals surface area (Å²) in [7, 11) is 0. The van der Waals surface area contributed by atoms with Crippen molar-refractivity contribution in [1.29, 1.82) is 0 Å². The maximum atomic E-state index is 5.50. The molecular formula is C15H26N4O2. The normalized spacial score (nSPS) is 11.3. The molecule has 1 rings (SSSR count). The van der Waals surface area contributed by atoms with Gasteiger partial charge in [-0.1, -0.05) is 6.07 Å². The van der Waals surface area contributed by atoms with Gasteiger partial charge < -0.3 is 20.1 Å². The van der Waals surface area contributed by atoms with Crippen molar-refractivity contribution in [2.45, 2.75) is 27.3 Å². The first kappa shape index (κ1) is 17.2. The molecule has 0 saturated heterocycles. The molecule has 0 atom stereocenters. The van der Waals surface area contributed by atoms with Crippen LogP contribution in [0.25, 0.3) is 0 Å². The van der Waals surface area contributed by atoms with Gasteiger partial charge in [-0.25, -0.2) is 9.98 Å². The first-order chi connectivity index (χ1) is 10.3. The van der Waals surface area contributed by atoms with Crippen molar-refractivity contribution in [1.82, 2.24) is 15.6 Å². The number of nitrogens with zero attached hydrogens (tertiary/aromatic N) is 2. The Kier molecular flexibility index (Phi) is 8.95. The van der Waals surface area contributed by atoms with E-state index in [0.29, 0.717) is 25.6 Å². The predicted octanol–water partition coefficient (Wildman–Crippen LogP) is 1.57. The zero-order chi connectivity index (χ0) is 15.3. The van der Waals surface area contributed by atoms with Gasteiger partial charge in [0.15, 0.2) is 5.96 Å². The Hall–Kier alpha value is -1.82. The van der Waals surface area contributed by atoms with Gasteiger partial charge in [0, 0.05) is 31.5 Å². The second-order valence-corrected chi connectivity index (χ2v) is 4.22. The van der Waals surface area contributed by atoms with Crippen LogP contribution < -0.4 is 15.4 Å². The van der Waals surface area contributed by atoms with Gasteiger partial charge in [0.2, 0.25) is 5.88 Å². The fourth-order valence-electron chi connectivity index (χ4n) is 1.70. The first-order valence-corrected chi connectivity index (χ1v) is 7.48. The van der Waals surface area contributed by atoms with Gasteiger partial charge in [-0.15, -0.1) is 0 Å². The highest BCUT2D eigenvalue weighted by atomic mass is 16.5. The smallest absolute Gasteiger partial charge is 0.218 e. The summed E-state index contributed by atoms with van der Waals surface area (Å²) in [6, 6.07) is 3.87. The highest BCUT2D eigenvalue weighted by molar-refractivity contribution is 5.79. The van der Waals surface area contributed by atoms with Crippen LogP contribution in [0.5, 0.6) is 5.88 Å². The monoisotopic (exact) mass is 294 g/mol. The molecule has 0 radical (unpaired) electrons. The molecule has 6 heteroatoms. The van der Waals surface area contributed by atoms with E-state index in [1.54, 1.807) is 6.20 Å². The number of rotatable bonds is 9. The predicted molar refractivity (Wildman–Crippen MR) is 84.7 cm³/mol. The summed E-state index contributed by atoms with van der Waals surface area (Å²) >= 11 is 0. The third-order valence-electron chi connectivity index (χ3n) is 2.63. The second-order valence-electron chi connectivity index (χ2n) is 4.22. The van der Waals surface area contributed by atoms with Crippen LogP contribution in [0.1, 0.15) is 26.3 Å². The van der Waals surface area contributed by atoms with E-state index in [4.69, 9.17) is 9.47 Å². The molecule has 2 N–H and O–H groups in total. The number of hydrogen-bond acceptors (Lipinski definition) is 4. The standard InChI is InChI=1S/C15H26N4O2/c1-4-16-15(18-10-11-20-5-2)19-12-13-8-7-9-17-14(13)21-6-3/h7-9H,4-6,10-12H2,1-3H3,(H2,16,18,19). The number of hydrogen-bond donors (Lipinski definition) is 2. The molecule has 0 aliphatic rings. The molecule has 0 amide bonds. The Balaban J connectivity index is 2.60. The maximum absolute atomic E-state index is 5.50. The van der Waals surface area contributed by atoms with Gasteiger partial charge in [-0.2, -0.15) is 0 Å². The summed E-state index contributed by atoms with van der Waals surface area (Å²) in [5, 5.41) is 6.43. The van der Waals surface area contributed by atoms with E-state index in [9.17, 15) is 0 Å². The van der Waals surface area contributed by atoms with Gasteiger partial charge in [0.25, 0.3) is 0 Å². The van der Waals surface area contributed by atoms with Gasteiger partial charge in [0.1, 0.15) is 0 Å². The number of pyridine rings is 1. The molecule has 6 nitrogen and oxygen atoms in total. The average molecular weight is 294 g/mol. The molecule has 1 aromatic rings. The van der Waals surface area contributed by atoms with Crippen LogP contribution in [-0.2, 0) is 11.3 Å². The summed E-state index contributed by atoms with van der Waals surface area (Å²) in [6.07, 6.45) is 1.73. The fraction of sp³-hybridized carbons (Fsp3) is 0.600. The van der Waals surface area contributed by atoms with E-state index < -0.39 is 0 Å². The van der Waals surface area contributed by atoms with E-state index in [2.05, 4.69) is 20.6 Å². The van der Waals surface area contributed by atoms with Crippen molar-refractivity contribution in [3.8, 4) is 5.88 Å². The number of ether oxygens (including phenoxy) is 2. The van der Waals surface area contributed by atoms with E-state index in [0.717, 1.165) is 31.2 Å². The molecule has 0 aliphatic carbocycles. The molecule has 1 aromatic heterocycles. The number of aliphatic imine (C=N–C) groups is 1. The number of guanidine groups is 1. The number of aromatic nitrogens is 1. The molecule has 0 bridgehead atoms. The lowest BCUT2D eigenvalue weighted by Crippen LogP contribution is -2.39. The lowest BCUT2D eigenvalue weighted by atomic mass is 10.3. The molecule has 21 heavy (non-hydrogen) atoms. The molecule has 0 aromatic carbocycles. The molecule has 118 valence electrons. The van der Waals surface area contributed by atoms with Crippen molar-refractivity contribution < 1.29 is 9.47 Å². The van der Waals surface area contributed by atoms with Crippen molar-refractivity contribution in [3.05, 3.63) is 23.9 Å². The summed E-state index contributed by atoms with van der Waals surface area (Å²) in [5.41, 5.74) is 0.973. The summed E-state index contributed by atoms with van der Waals surface area (Å²) in [4.78, 5) is 8.77. The van der Waals surface area contributed by atoms with E-state index >= 15 is 0 Å². The van der Waals surface area contributed by atoms with Crippen LogP contribution in [-0.4, -0.2) is 43.9 Å². The molecule has 0 fully saturated rings. The Morgan fingerprint density at radius 3 is 2.81 bits per heavy atom. The third kappa shape index (κ3) is 6.94. The fourth-order valence-corrected chi connectivity index (χ4v) is 1.70. The van der Waals surface area contributed by atoms with Crippen LogP contribution in [0.4, 0.5) is 0 Å². The third-order valence-corrected chi connectivity index (χ3v) is 2.63. The van der Waals surface area contributed by atoms with Crippen molar-refractivity contribution in [2.24, 2.45) is 4.99 Å². The van der Waals surface area contributed by atoms with Crippen molar-refractivity contribution in [3.63, 3.8) is 0 Å². The highest BCUT2D eigenvalue weighted by Gasteiger charge is 2.04. The van der Waals surface area contributed by atoms with E-state index in [1.807, 2.05) is 32.9 Å². The van der Waals surface area contributed by atoms with Crippen LogP contribution in [0.15, 0.2) is 23.3 Å². The minimum absolute atomic E-state index is 0.521. The Morgan fingerprint density at radius 2 is 2.10 bits per heavy atom. The van der Waals surface area contributed by atoms with Gasteiger partial charge in [-0.05, 0) is 26.8 Å². The highest BCUT2D eigenvalue weighted by Crippen LogP contribution is 2.15. The molecule has 0 unspecified atom stereocenters. The largest absolute Gasteiger partial charge is 0.478 e. The lowest BCUT2D eigenvalue weighted by Gasteiger charge is -2.12. The zero-order valence-corrected chi connectivity index (χ0v) is 13.2. The van der Waals surface area contributed by atoms with Crippen molar-refractivity contribution >= 4 is 5.96 Å². The van der Waals surface area contributed by atoms with Crippen LogP contribution in [0.3, 0.4) is 0 Å². The Labute approximate surface area is 127 Å². The molecule has 1 heterocycles. The van der Waals surface area contributed by atoms with Crippen LogP contribution in [0, 0.1) is 0 Å². The molecular weight excluding hydrogens is 268 g/mol. The quantitative estimate of drug-likeness (QED) is 0.411. The van der Waals surface area contributed by atoms with Gasteiger partial charge in [-0.3, -0.25) is 0 Å². The van der Waals surface area contributed by atoms with Crippen LogP contribution in [0.2, 0.25) is 0 Å². The van der Waals surface area contributed by atoms with Crippen LogP contribution >= 0.6 is 0 Å². The van der Waals surface area contributed by atoms with E-state index in [-0.39, 0.29) is 0 Å². The maximum Gasteiger partial charge on any atom is 0.218 e. The SMILES string of the molecule is CCNC(=NCc1cccnc1OCC)NCCOCC. The van der Waals surface area contributed by atoms with Crippen molar-refractivity contribution in [2.75, 3.05) is 32.9 Å². The molecule has 0 saturated carbocycles. The van der Waals surface area contributed by atoms with Gasteiger partial charge >= 0.3 is 0 Å². The minimum atomic E-state index is 0.521. The molecule has 0 aliphatic heterocycles. The summed E-state index contributed by atoms with van der Waals surface area (Å²) < 4.78 is 10.8.